The molecule has 1 aromatic rings. The third-order valence-corrected chi connectivity index (χ3v) is 5.53. The molecule has 1 heterocycles. The van der Waals surface area contributed by atoms with Crippen LogP contribution in [0.25, 0.3) is 0 Å². The molecule has 7 nitrogen and oxygen atoms in total. The molecule has 0 saturated heterocycles. The molecule has 2 aliphatic rings. The standard InChI is InChI=1S/C23H29NO6/c1-5-29-11-12-30-23(26)20-14(2)24-16-7-6-8-17(25)22(16)21(20)15-9-10-18(27-3)19(13-15)28-4/h9-10,13,20-21H,5-8,11-12H2,1-4H3/t20?,21-/m0/s1. The fourth-order valence-corrected chi connectivity index (χ4v) is 4.15. The molecule has 30 heavy (non-hydrogen) atoms. The summed E-state index contributed by atoms with van der Waals surface area (Å²) in [4.78, 5) is 30.6. The fourth-order valence-electron chi connectivity index (χ4n) is 4.15. The predicted molar refractivity (Wildman–Crippen MR) is 112 cm³/mol. The van der Waals surface area contributed by atoms with Crippen LogP contribution in [0.4, 0.5) is 0 Å². The summed E-state index contributed by atoms with van der Waals surface area (Å²) in [6, 6.07) is 5.49. The number of esters is 1. The number of allylic oxidation sites excluding steroid dienone is 2. The maximum absolute atomic E-state index is 13.1. The first kappa shape index (κ1) is 22.0. The first-order valence-corrected chi connectivity index (χ1v) is 10.3. The molecule has 0 N–H and O–H groups in total. The highest BCUT2D eigenvalue weighted by Crippen LogP contribution is 2.45. The van der Waals surface area contributed by atoms with Gasteiger partial charge in [-0.1, -0.05) is 6.07 Å². The lowest BCUT2D eigenvalue weighted by Gasteiger charge is -2.34. The monoisotopic (exact) mass is 415 g/mol. The second-order valence-corrected chi connectivity index (χ2v) is 7.32. The molecule has 0 aromatic heterocycles. The summed E-state index contributed by atoms with van der Waals surface area (Å²) < 4.78 is 21.6. The molecule has 2 atom stereocenters. The van der Waals surface area contributed by atoms with E-state index in [1.165, 1.54) is 0 Å². The summed E-state index contributed by atoms with van der Waals surface area (Å²) in [5.74, 6) is -0.373. The molecule has 1 unspecified atom stereocenters. The van der Waals surface area contributed by atoms with Crippen LogP contribution in [0.3, 0.4) is 0 Å². The molecule has 0 fully saturated rings. The van der Waals surface area contributed by atoms with Crippen molar-refractivity contribution in [3.63, 3.8) is 0 Å². The highest BCUT2D eigenvalue weighted by atomic mass is 16.6. The van der Waals surface area contributed by atoms with Crippen LogP contribution in [0.5, 0.6) is 11.5 Å². The van der Waals surface area contributed by atoms with E-state index in [1.807, 2.05) is 26.0 Å². The smallest absolute Gasteiger partial charge is 0.315 e. The molecule has 1 aliphatic carbocycles. The van der Waals surface area contributed by atoms with E-state index in [4.69, 9.17) is 18.9 Å². The van der Waals surface area contributed by atoms with Gasteiger partial charge in [0.1, 0.15) is 12.5 Å². The minimum Gasteiger partial charge on any atom is -0.493 e. The molecule has 1 aliphatic heterocycles. The van der Waals surface area contributed by atoms with Crippen molar-refractivity contribution in [2.24, 2.45) is 10.9 Å². The molecule has 7 heteroatoms. The van der Waals surface area contributed by atoms with Gasteiger partial charge in [0.25, 0.3) is 0 Å². The second kappa shape index (κ2) is 9.89. The van der Waals surface area contributed by atoms with Crippen molar-refractivity contribution >= 4 is 17.5 Å². The number of carbonyl (C=O) groups excluding carboxylic acids is 2. The van der Waals surface area contributed by atoms with Gasteiger partial charge in [-0.3, -0.25) is 14.6 Å². The Balaban J connectivity index is 2.03. The van der Waals surface area contributed by atoms with Crippen LogP contribution in [0.1, 0.15) is 44.6 Å². The van der Waals surface area contributed by atoms with Crippen LogP contribution < -0.4 is 9.47 Å². The molecule has 162 valence electrons. The largest absolute Gasteiger partial charge is 0.493 e. The summed E-state index contributed by atoms with van der Waals surface area (Å²) in [5.41, 5.74) is 2.86. The van der Waals surface area contributed by atoms with Gasteiger partial charge in [0.2, 0.25) is 0 Å². The molecule has 0 spiro atoms. The van der Waals surface area contributed by atoms with Crippen LogP contribution in [0, 0.1) is 5.92 Å². The number of benzene rings is 1. The van der Waals surface area contributed by atoms with Crippen LogP contribution >= 0.6 is 0 Å². The SMILES string of the molecule is CCOCCOC(=O)C1C(C)=NC2=C(C(=O)CCC2)[C@H]1c1ccc(OC)c(OC)c1. The molecule has 0 bridgehead atoms. The van der Waals surface area contributed by atoms with Gasteiger partial charge in [0.05, 0.1) is 20.8 Å². The first-order chi connectivity index (χ1) is 14.5. The van der Waals surface area contributed by atoms with Crippen LogP contribution in [0.2, 0.25) is 0 Å². The van der Waals surface area contributed by atoms with E-state index in [-0.39, 0.29) is 12.4 Å². The lowest BCUT2D eigenvalue weighted by molar-refractivity contribution is -0.148. The van der Waals surface area contributed by atoms with Crippen molar-refractivity contribution in [1.29, 1.82) is 0 Å². The number of Topliss-reactive ketones (excluding diaryl/α,β-unsaturated/α-hetero) is 1. The van der Waals surface area contributed by atoms with Gasteiger partial charge in [0, 0.05) is 35.9 Å². The number of aliphatic imine (C=N–C) groups is 1. The third kappa shape index (κ3) is 4.41. The quantitative estimate of drug-likeness (QED) is 0.478. The Hall–Kier alpha value is -2.67. The normalized spacial score (nSPS) is 21.1. The zero-order chi connectivity index (χ0) is 21.7. The zero-order valence-corrected chi connectivity index (χ0v) is 18.0. The van der Waals surface area contributed by atoms with Crippen molar-refractivity contribution < 1.29 is 28.5 Å². The highest BCUT2D eigenvalue weighted by Gasteiger charge is 2.43. The topological polar surface area (TPSA) is 83.4 Å². The van der Waals surface area contributed by atoms with E-state index in [0.717, 1.165) is 24.1 Å². The molecule has 0 radical (unpaired) electrons. The minimum absolute atomic E-state index is 0.0411. The molecule has 0 saturated carbocycles. The van der Waals surface area contributed by atoms with Crippen molar-refractivity contribution in [3.8, 4) is 11.5 Å². The lowest BCUT2D eigenvalue weighted by atomic mass is 9.71. The maximum Gasteiger partial charge on any atom is 0.315 e. The van der Waals surface area contributed by atoms with E-state index < -0.39 is 17.8 Å². The summed E-state index contributed by atoms with van der Waals surface area (Å²) in [6.45, 7) is 4.76. The van der Waals surface area contributed by atoms with Crippen LogP contribution in [0.15, 0.2) is 34.5 Å². The van der Waals surface area contributed by atoms with E-state index in [1.54, 1.807) is 20.3 Å². The maximum atomic E-state index is 13.1. The van der Waals surface area contributed by atoms with Gasteiger partial charge in [-0.25, -0.2) is 0 Å². The van der Waals surface area contributed by atoms with Gasteiger partial charge < -0.3 is 18.9 Å². The Kier molecular flexibility index (Phi) is 7.26. The molecular formula is C23H29NO6. The summed E-state index contributed by atoms with van der Waals surface area (Å²) in [7, 11) is 3.13. The van der Waals surface area contributed by atoms with Crippen LogP contribution in [-0.4, -0.2) is 51.5 Å². The predicted octanol–water partition coefficient (Wildman–Crippen LogP) is 3.46. The average Bonchev–Trinajstić information content (AvgIpc) is 2.75. The number of rotatable bonds is 8. The highest BCUT2D eigenvalue weighted by molar-refractivity contribution is 6.08. The Bertz CT molecular complexity index is 872. The number of hydrogen-bond acceptors (Lipinski definition) is 7. The van der Waals surface area contributed by atoms with Crippen molar-refractivity contribution in [2.75, 3.05) is 34.0 Å². The van der Waals surface area contributed by atoms with Crippen LogP contribution in [-0.2, 0) is 19.1 Å². The van der Waals surface area contributed by atoms with Gasteiger partial charge in [0.15, 0.2) is 17.3 Å². The summed E-state index contributed by atoms with van der Waals surface area (Å²) in [5, 5.41) is 0. The zero-order valence-electron chi connectivity index (χ0n) is 18.0. The van der Waals surface area contributed by atoms with E-state index in [9.17, 15) is 9.59 Å². The Morgan fingerprint density at radius 3 is 2.60 bits per heavy atom. The first-order valence-electron chi connectivity index (χ1n) is 10.3. The Morgan fingerprint density at radius 1 is 1.13 bits per heavy atom. The Morgan fingerprint density at radius 2 is 1.90 bits per heavy atom. The van der Waals surface area contributed by atoms with E-state index in [0.29, 0.717) is 42.4 Å². The summed E-state index contributed by atoms with van der Waals surface area (Å²) >= 11 is 0. The fraction of sp³-hybridized carbons (Fsp3) is 0.522. The average molecular weight is 415 g/mol. The Labute approximate surface area is 177 Å². The van der Waals surface area contributed by atoms with E-state index >= 15 is 0 Å². The lowest BCUT2D eigenvalue weighted by Crippen LogP contribution is -2.37. The number of ether oxygens (including phenoxy) is 4. The van der Waals surface area contributed by atoms with Gasteiger partial charge in [-0.05, 0) is 44.4 Å². The molecule has 3 rings (SSSR count). The number of methoxy groups -OCH3 is 2. The van der Waals surface area contributed by atoms with Gasteiger partial charge >= 0.3 is 5.97 Å². The third-order valence-electron chi connectivity index (χ3n) is 5.53. The molecule has 0 amide bonds. The van der Waals surface area contributed by atoms with Crippen molar-refractivity contribution in [3.05, 3.63) is 35.0 Å². The minimum atomic E-state index is -0.675. The number of hydrogen-bond donors (Lipinski definition) is 0. The number of ketones is 1. The van der Waals surface area contributed by atoms with Gasteiger partial charge in [-0.2, -0.15) is 0 Å². The molecular weight excluding hydrogens is 386 g/mol. The van der Waals surface area contributed by atoms with Gasteiger partial charge in [-0.15, -0.1) is 0 Å². The van der Waals surface area contributed by atoms with Crippen molar-refractivity contribution in [1.82, 2.24) is 0 Å². The number of nitrogens with zero attached hydrogens (tertiary/aromatic N) is 1. The van der Waals surface area contributed by atoms with E-state index in [2.05, 4.69) is 4.99 Å². The number of carbonyl (C=O) groups is 2. The molecule has 1 aromatic carbocycles. The van der Waals surface area contributed by atoms with Crippen molar-refractivity contribution in [2.45, 2.75) is 39.0 Å². The summed E-state index contributed by atoms with van der Waals surface area (Å²) in [6.07, 6.45) is 1.97. The second-order valence-electron chi connectivity index (χ2n) is 7.32.